The van der Waals surface area contributed by atoms with Gasteiger partial charge >= 0.3 is 0 Å². The molecule has 0 bridgehead atoms. The van der Waals surface area contributed by atoms with Crippen molar-refractivity contribution in [3.8, 4) is 0 Å². The minimum Gasteiger partial charge on any atom is -0.373 e. The van der Waals surface area contributed by atoms with E-state index in [1.807, 2.05) is 11.9 Å². The molecule has 4 rings (SSSR count). The third-order valence-electron chi connectivity index (χ3n) is 4.50. The highest BCUT2D eigenvalue weighted by molar-refractivity contribution is 5.86. The Morgan fingerprint density at radius 2 is 2.27 bits per heavy atom. The molecule has 3 aromatic rings. The highest BCUT2D eigenvalue weighted by atomic mass is 16.5. The van der Waals surface area contributed by atoms with Gasteiger partial charge in [0.05, 0.1) is 24.3 Å². The van der Waals surface area contributed by atoms with E-state index in [0.29, 0.717) is 31.2 Å². The third kappa shape index (κ3) is 2.99. The molecule has 26 heavy (non-hydrogen) atoms. The zero-order chi connectivity index (χ0) is 18.1. The average Bonchev–Trinajstić information content (AvgIpc) is 3.13. The second-order valence-electron chi connectivity index (χ2n) is 6.32. The van der Waals surface area contributed by atoms with E-state index in [2.05, 4.69) is 30.0 Å². The molecule has 10 nitrogen and oxygen atoms in total. The maximum atomic E-state index is 12.2. The fourth-order valence-corrected chi connectivity index (χ4v) is 3.16. The smallest absolute Gasteiger partial charge is 0.293 e. The monoisotopic (exact) mass is 356 g/mol. The van der Waals surface area contributed by atoms with Crippen LogP contribution in [-0.4, -0.2) is 69.1 Å². The fraction of sp³-hybridized carbons (Fsp3) is 0.438. The van der Waals surface area contributed by atoms with E-state index in [1.54, 1.807) is 25.6 Å². The molecular formula is C16H20N8O2. The quantitative estimate of drug-likeness (QED) is 0.685. The average molecular weight is 356 g/mol. The molecule has 10 heteroatoms. The maximum absolute atomic E-state index is 12.2. The van der Waals surface area contributed by atoms with Gasteiger partial charge in [0.1, 0.15) is 12.1 Å². The number of nitrogens with zero attached hydrogens (tertiary/aromatic N) is 7. The summed E-state index contributed by atoms with van der Waals surface area (Å²) in [6.45, 7) is 2.54. The van der Waals surface area contributed by atoms with Crippen LogP contribution < -0.4 is 15.4 Å². The summed E-state index contributed by atoms with van der Waals surface area (Å²) in [6, 6.07) is 0. The number of H-pyrrole nitrogens is 1. The van der Waals surface area contributed by atoms with Crippen molar-refractivity contribution in [3.05, 3.63) is 35.3 Å². The van der Waals surface area contributed by atoms with Crippen LogP contribution in [0.4, 0.5) is 11.6 Å². The first-order chi connectivity index (χ1) is 12.6. The lowest BCUT2D eigenvalue weighted by atomic mass is 10.2. The van der Waals surface area contributed by atoms with Crippen molar-refractivity contribution in [1.82, 2.24) is 29.7 Å². The molecule has 136 valence electrons. The van der Waals surface area contributed by atoms with Gasteiger partial charge in [-0.25, -0.2) is 15.0 Å². The maximum Gasteiger partial charge on any atom is 0.293 e. The van der Waals surface area contributed by atoms with Gasteiger partial charge < -0.3 is 19.1 Å². The molecular weight excluding hydrogens is 336 g/mol. The Balaban J connectivity index is 1.51. The first-order valence-corrected chi connectivity index (χ1v) is 8.37. The van der Waals surface area contributed by atoms with Gasteiger partial charge in [-0.15, -0.1) is 0 Å². The number of aromatic nitrogens is 6. The number of anilines is 2. The highest BCUT2D eigenvalue weighted by Crippen LogP contribution is 2.23. The predicted octanol–water partition coefficient (Wildman–Crippen LogP) is -0.212. The van der Waals surface area contributed by atoms with E-state index in [1.165, 1.54) is 10.9 Å². The lowest BCUT2D eigenvalue weighted by molar-refractivity contribution is 0.0456. The number of hydrogen-bond donors (Lipinski definition) is 1. The molecule has 0 radical (unpaired) electrons. The Kier molecular flexibility index (Phi) is 4.25. The minimum absolute atomic E-state index is 0.0719. The van der Waals surface area contributed by atoms with E-state index >= 15 is 0 Å². The first kappa shape index (κ1) is 16.5. The Labute approximate surface area is 149 Å². The fourth-order valence-electron chi connectivity index (χ4n) is 3.16. The van der Waals surface area contributed by atoms with Gasteiger partial charge in [0.25, 0.3) is 5.56 Å². The van der Waals surface area contributed by atoms with Crippen LogP contribution in [0.5, 0.6) is 0 Å². The van der Waals surface area contributed by atoms with Gasteiger partial charge in [0, 0.05) is 46.1 Å². The zero-order valence-electron chi connectivity index (χ0n) is 14.7. The van der Waals surface area contributed by atoms with Crippen molar-refractivity contribution in [3.63, 3.8) is 0 Å². The molecule has 0 saturated carbocycles. The normalized spacial score (nSPS) is 17.6. The van der Waals surface area contributed by atoms with Crippen LogP contribution in [0.3, 0.4) is 0 Å². The summed E-state index contributed by atoms with van der Waals surface area (Å²) in [7, 11) is 3.57. The van der Waals surface area contributed by atoms with Crippen LogP contribution in [-0.2, 0) is 11.8 Å². The molecule has 0 amide bonds. The van der Waals surface area contributed by atoms with Gasteiger partial charge in [-0.3, -0.25) is 9.89 Å². The molecule has 0 spiro atoms. The number of morpholine rings is 1. The number of hydrogen-bond acceptors (Lipinski definition) is 8. The van der Waals surface area contributed by atoms with Crippen molar-refractivity contribution in [2.45, 2.75) is 6.10 Å². The SMILES string of the molecule is CN(CC1CN(c2ncnc3[nH]ncc23)CCO1)c1nccn(C)c1=O. The lowest BCUT2D eigenvalue weighted by Crippen LogP contribution is -2.48. The number of rotatable bonds is 4. The molecule has 1 saturated heterocycles. The number of nitrogens with one attached hydrogen (secondary N) is 1. The van der Waals surface area contributed by atoms with Gasteiger partial charge in [0.15, 0.2) is 11.5 Å². The first-order valence-electron chi connectivity index (χ1n) is 8.37. The van der Waals surface area contributed by atoms with Crippen molar-refractivity contribution in [1.29, 1.82) is 0 Å². The van der Waals surface area contributed by atoms with Crippen LogP contribution in [0.2, 0.25) is 0 Å². The molecule has 1 N–H and O–H groups in total. The van der Waals surface area contributed by atoms with Crippen molar-refractivity contribution in [2.24, 2.45) is 7.05 Å². The molecule has 3 aromatic heterocycles. The molecule has 1 atom stereocenters. The molecule has 1 fully saturated rings. The largest absolute Gasteiger partial charge is 0.373 e. The Hall–Kier alpha value is -3.01. The second-order valence-corrected chi connectivity index (χ2v) is 6.32. The van der Waals surface area contributed by atoms with Gasteiger partial charge in [-0.1, -0.05) is 0 Å². The second kappa shape index (κ2) is 6.71. The Bertz CT molecular complexity index is 968. The van der Waals surface area contributed by atoms with Gasteiger partial charge in [0.2, 0.25) is 0 Å². The van der Waals surface area contributed by atoms with E-state index in [-0.39, 0.29) is 11.7 Å². The molecule has 1 aliphatic heterocycles. The van der Waals surface area contributed by atoms with Crippen LogP contribution in [0.15, 0.2) is 29.7 Å². The van der Waals surface area contributed by atoms with Crippen molar-refractivity contribution in [2.75, 3.05) is 43.1 Å². The van der Waals surface area contributed by atoms with Crippen LogP contribution in [0, 0.1) is 0 Å². The van der Waals surface area contributed by atoms with E-state index in [4.69, 9.17) is 4.74 Å². The van der Waals surface area contributed by atoms with Crippen LogP contribution in [0.1, 0.15) is 0 Å². The molecule has 0 aromatic carbocycles. The summed E-state index contributed by atoms with van der Waals surface area (Å²) in [5.41, 5.74) is 0.589. The molecule has 1 unspecified atom stereocenters. The lowest BCUT2D eigenvalue weighted by Gasteiger charge is -2.35. The predicted molar refractivity (Wildman–Crippen MR) is 96.4 cm³/mol. The Morgan fingerprint density at radius 1 is 1.38 bits per heavy atom. The summed E-state index contributed by atoms with van der Waals surface area (Å²) < 4.78 is 7.42. The topological polar surface area (TPSA) is 105 Å². The summed E-state index contributed by atoms with van der Waals surface area (Å²) in [5, 5.41) is 7.79. The summed E-state index contributed by atoms with van der Waals surface area (Å²) in [6.07, 6.45) is 6.46. The summed E-state index contributed by atoms with van der Waals surface area (Å²) in [4.78, 5) is 29.0. The molecule has 0 aliphatic carbocycles. The number of aryl methyl sites for hydroxylation is 1. The number of aromatic amines is 1. The Morgan fingerprint density at radius 3 is 3.15 bits per heavy atom. The van der Waals surface area contributed by atoms with E-state index < -0.39 is 0 Å². The van der Waals surface area contributed by atoms with Gasteiger partial charge in [-0.2, -0.15) is 5.10 Å². The number of ether oxygens (including phenoxy) is 1. The molecule has 4 heterocycles. The number of fused-ring (bicyclic) bond motifs is 1. The van der Waals surface area contributed by atoms with Crippen LogP contribution in [0.25, 0.3) is 11.0 Å². The van der Waals surface area contributed by atoms with Gasteiger partial charge in [-0.05, 0) is 0 Å². The third-order valence-corrected chi connectivity index (χ3v) is 4.50. The highest BCUT2D eigenvalue weighted by Gasteiger charge is 2.25. The summed E-state index contributed by atoms with van der Waals surface area (Å²) in [5.74, 6) is 1.25. The standard InChI is InChI=1S/C16H20N8O2/c1-22-4-3-17-15(16(22)25)23(2)8-11-9-24(5-6-26-11)14-12-7-20-21-13(12)18-10-19-14/h3-4,7,10-11H,5-6,8-9H2,1-2H3,(H,18,19,20,21). The van der Waals surface area contributed by atoms with E-state index in [9.17, 15) is 4.79 Å². The molecule has 1 aliphatic rings. The van der Waals surface area contributed by atoms with E-state index in [0.717, 1.165) is 17.7 Å². The van der Waals surface area contributed by atoms with Crippen molar-refractivity contribution >= 4 is 22.7 Å². The minimum atomic E-state index is -0.126. The van der Waals surface area contributed by atoms with Crippen LogP contribution >= 0.6 is 0 Å². The summed E-state index contributed by atoms with van der Waals surface area (Å²) >= 11 is 0. The zero-order valence-corrected chi connectivity index (χ0v) is 14.7. The van der Waals surface area contributed by atoms with Crippen molar-refractivity contribution < 1.29 is 4.74 Å². The number of likely N-dealkylation sites (N-methyl/N-ethyl adjacent to an activating group) is 1.